The Labute approximate surface area is 234 Å². The first kappa shape index (κ1) is 29.1. The minimum Gasteiger partial charge on any atom is -0.465 e. The molecule has 4 rings (SSSR count). The predicted molar refractivity (Wildman–Crippen MR) is 144 cm³/mol. The van der Waals surface area contributed by atoms with Crippen LogP contribution in [0, 0.1) is 5.82 Å². The van der Waals surface area contributed by atoms with Crippen molar-refractivity contribution < 1.29 is 38.1 Å². The first-order valence-corrected chi connectivity index (χ1v) is 13.0. The Morgan fingerprint density at radius 1 is 1.25 bits per heavy atom. The van der Waals surface area contributed by atoms with Gasteiger partial charge in [-0.25, -0.2) is 14.0 Å². The number of piperidine rings is 1. The van der Waals surface area contributed by atoms with Crippen molar-refractivity contribution in [3.63, 3.8) is 0 Å². The fourth-order valence-electron chi connectivity index (χ4n) is 5.03. The summed E-state index contributed by atoms with van der Waals surface area (Å²) in [6.07, 6.45) is -1.24. The van der Waals surface area contributed by atoms with Gasteiger partial charge in [0.25, 0.3) is 5.91 Å². The average molecular weight is 577 g/mol. The highest BCUT2D eigenvalue weighted by Crippen LogP contribution is 2.45. The van der Waals surface area contributed by atoms with Gasteiger partial charge >= 0.3 is 12.2 Å². The monoisotopic (exact) mass is 576 g/mol. The lowest BCUT2D eigenvalue weighted by atomic mass is 9.82. The second-order valence-corrected chi connectivity index (χ2v) is 10.8. The van der Waals surface area contributed by atoms with Crippen molar-refractivity contribution in [1.82, 2.24) is 10.2 Å². The van der Waals surface area contributed by atoms with Crippen molar-refractivity contribution in [3.8, 4) is 0 Å². The number of fused-ring (bicyclic) bond motifs is 2. The van der Waals surface area contributed by atoms with Crippen molar-refractivity contribution in [2.75, 3.05) is 30.8 Å². The number of halogens is 2. The van der Waals surface area contributed by atoms with E-state index in [1.807, 2.05) is 0 Å². The highest BCUT2D eigenvalue weighted by molar-refractivity contribution is 6.31. The van der Waals surface area contributed by atoms with Crippen LogP contribution >= 0.6 is 11.6 Å². The zero-order valence-corrected chi connectivity index (χ0v) is 22.9. The van der Waals surface area contributed by atoms with Gasteiger partial charge in [-0.05, 0) is 63.1 Å². The molecular formula is C27H30ClFN4O7. The molecule has 4 amide bonds. The number of likely N-dealkylation sites (tertiary alicyclic amines) is 1. The third-order valence-electron chi connectivity index (χ3n) is 7.09. The van der Waals surface area contributed by atoms with Crippen LogP contribution in [0.25, 0.3) is 0 Å². The van der Waals surface area contributed by atoms with Crippen LogP contribution in [-0.2, 0) is 19.9 Å². The van der Waals surface area contributed by atoms with Crippen LogP contribution in [0.5, 0.6) is 0 Å². The van der Waals surface area contributed by atoms with Crippen LogP contribution in [0.2, 0.25) is 5.02 Å². The van der Waals surface area contributed by atoms with Crippen molar-refractivity contribution in [2.45, 2.75) is 50.4 Å². The lowest BCUT2D eigenvalue weighted by Gasteiger charge is -2.46. The first-order valence-electron chi connectivity index (χ1n) is 12.6. The summed E-state index contributed by atoms with van der Waals surface area (Å²) >= 11 is 6.05. The molecule has 2 atom stereocenters. The number of methoxy groups -OCH3 is 1. The molecule has 1 saturated heterocycles. The zero-order valence-electron chi connectivity index (χ0n) is 22.2. The predicted octanol–water partition coefficient (Wildman–Crippen LogP) is 4.56. The minimum atomic E-state index is -1.46. The van der Waals surface area contributed by atoms with Crippen molar-refractivity contribution >= 4 is 47.0 Å². The molecule has 4 N–H and O–H groups in total. The Balaban J connectivity index is 1.61. The van der Waals surface area contributed by atoms with E-state index in [1.54, 1.807) is 13.8 Å². The van der Waals surface area contributed by atoms with Gasteiger partial charge in [0, 0.05) is 31.3 Å². The van der Waals surface area contributed by atoms with E-state index in [0.29, 0.717) is 13.0 Å². The van der Waals surface area contributed by atoms with Gasteiger partial charge in [0.15, 0.2) is 11.4 Å². The molecule has 0 bridgehead atoms. The molecule has 13 heteroatoms. The standard InChI is InChI=1S/C27H30ClFN4O7/c1-26(2,39-3)13-19(31-22(34)15-5-7-16(8-6-15)30-24(36)37)23(35)33-12-4-11-27(14-33)20-18(32-25(38)40-27)10-9-17(28)21(20)29/h5-10,19,30H,4,11-14H2,1-3H3,(H,31,34)(H,32,38)(H,36,37)/t19-,27?/m0/s1. The maximum absolute atomic E-state index is 15.3. The van der Waals surface area contributed by atoms with Crippen LogP contribution in [0.15, 0.2) is 36.4 Å². The van der Waals surface area contributed by atoms with Gasteiger partial charge in [0.1, 0.15) is 6.04 Å². The second kappa shape index (κ2) is 11.3. The minimum absolute atomic E-state index is 0.0740. The number of carbonyl (C=O) groups is 4. The van der Waals surface area contributed by atoms with Crippen LogP contribution in [-0.4, -0.2) is 65.8 Å². The molecule has 11 nitrogen and oxygen atoms in total. The molecule has 1 spiro atoms. The molecule has 214 valence electrons. The maximum atomic E-state index is 15.3. The summed E-state index contributed by atoms with van der Waals surface area (Å²) in [6, 6.07) is 7.49. The van der Waals surface area contributed by atoms with Gasteiger partial charge in [-0.1, -0.05) is 11.6 Å². The highest BCUT2D eigenvalue weighted by atomic mass is 35.5. The van der Waals surface area contributed by atoms with Gasteiger partial charge in [0.2, 0.25) is 5.91 Å². The van der Waals surface area contributed by atoms with Crippen molar-refractivity contribution in [3.05, 3.63) is 58.4 Å². The Kier molecular flexibility index (Phi) is 8.22. The van der Waals surface area contributed by atoms with Crippen molar-refractivity contribution in [2.24, 2.45) is 0 Å². The topological polar surface area (TPSA) is 146 Å². The number of nitrogens with one attached hydrogen (secondary N) is 3. The summed E-state index contributed by atoms with van der Waals surface area (Å²) in [6.45, 7) is 3.69. The quantitative estimate of drug-likeness (QED) is 0.378. The number of nitrogens with zero attached hydrogens (tertiary/aromatic N) is 1. The van der Waals surface area contributed by atoms with E-state index < -0.39 is 47.1 Å². The van der Waals surface area contributed by atoms with Crippen molar-refractivity contribution in [1.29, 1.82) is 0 Å². The van der Waals surface area contributed by atoms with Crippen LogP contribution in [0.4, 0.5) is 25.4 Å². The van der Waals surface area contributed by atoms with Crippen LogP contribution in [0.1, 0.15) is 49.0 Å². The number of hydrogen-bond acceptors (Lipinski definition) is 6. The van der Waals surface area contributed by atoms with E-state index >= 15 is 4.39 Å². The van der Waals surface area contributed by atoms with E-state index in [-0.39, 0.29) is 46.9 Å². The zero-order chi connectivity index (χ0) is 29.2. The summed E-state index contributed by atoms with van der Waals surface area (Å²) in [4.78, 5) is 51.8. The Bertz CT molecular complexity index is 1340. The number of amides is 4. The molecule has 40 heavy (non-hydrogen) atoms. The largest absolute Gasteiger partial charge is 0.465 e. The summed E-state index contributed by atoms with van der Waals surface area (Å²) in [5, 5.41) is 16.2. The summed E-state index contributed by atoms with van der Waals surface area (Å²) in [5.41, 5.74) is -1.48. The molecule has 0 aliphatic carbocycles. The smallest absolute Gasteiger partial charge is 0.412 e. The lowest BCUT2D eigenvalue weighted by molar-refractivity contribution is -0.143. The van der Waals surface area contributed by atoms with E-state index in [4.69, 9.17) is 26.2 Å². The Hall–Kier alpha value is -3.90. The number of benzene rings is 2. The number of anilines is 2. The molecule has 2 aromatic rings. The number of carboxylic acid groups (broad SMARTS) is 1. The molecular weight excluding hydrogens is 547 g/mol. The summed E-state index contributed by atoms with van der Waals surface area (Å²) < 4.78 is 26.4. The van der Waals surface area contributed by atoms with Crippen LogP contribution in [0.3, 0.4) is 0 Å². The Morgan fingerprint density at radius 2 is 1.95 bits per heavy atom. The third-order valence-corrected chi connectivity index (χ3v) is 7.38. The van der Waals surface area contributed by atoms with E-state index in [2.05, 4.69) is 16.0 Å². The maximum Gasteiger partial charge on any atom is 0.412 e. The van der Waals surface area contributed by atoms with Crippen LogP contribution < -0.4 is 16.0 Å². The first-order chi connectivity index (χ1) is 18.8. The molecule has 1 fully saturated rings. The van der Waals surface area contributed by atoms with E-state index in [9.17, 15) is 19.2 Å². The van der Waals surface area contributed by atoms with E-state index in [0.717, 1.165) is 0 Å². The molecule has 2 heterocycles. The van der Waals surface area contributed by atoms with Gasteiger partial charge < -0.3 is 24.8 Å². The Morgan fingerprint density at radius 3 is 2.60 bits per heavy atom. The average Bonchev–Trinajstić information content (AvgIpc) is 2.89. The number of hydrogen-bond donors (Lipinski definition) is 4. The molecule has 2 aliphatic rings. The van der Waals surface area contributed by atoms with E-state index in [1.165, 1.54) is 48.4 Å². The molecule has 1 unspecified atom stereocenters. The third kappa shape index (κ3) is 6.13. The lowest BCUT2D eigenvalue weighted by Crippen LogP contribution is -2.58. The molecule has 0 saturated carbocycles. The normalized spacial score (nSPS) is 19.2. The number of rotatable bonds is 7. The van der Waals surface area contributed by atoms with Gasteiger partial charge in [0.05, 0.1) is 28.4 Å². The van der Waals surface area contributed by atoms with Gasteiger partial charge in [-0.15, -0.1) is 0 Å². The summed E-state index contributed by atoms with van der Waals surface area (Å²) in [5.74, 6) is -1.75. The molecule has 0 radical (unpaired) electrons. The highest BCUT2D eigenvalue weighted by Gasteiger charge is 2.49. The molecule has 0 aromatic heterocycles. The SMILES string of the molecule is COC(C)(C)C[C@H](NC(=O)c1ccc(NC(=O)O)cc1)C(=O)N1CCCC2(C1)OC(=O)Nc1ccc(Cl)c(F)c12. The summed E-state index contributed by atoms with van der Waals surface area (Å²) in [7, 11) is 1.49. The fraction of sp³-hybridized carbons (Fsp3) is 0.407. The molecule has 2 aliphatic heterocycles. The number of carbonyl (C=O) groups excluding carboxylic acids is 3. The number of ether oxygens (including phenoxy) is 2. The molecule has 2 aromatic carbocycles. The fourth-order valence-corrected chi connectivity index (χ4v) is 5.18. The second-order valence-electron chi connectivity index (χ2n) is 10.4. The van der Waals surface area contributed by atoms with Gasteiger partial charge in [-0.3, -0.25) is 20.2 Å². The van der Waals surface area contributed by atoms with Gasteiger partial charge in [-0.2, -0.15) is 0 Å².